The number of piperidine rings is 1. The molecular formula is C34H45N5O4. The molecular weight excluding hydrogens is 542 g/mol. The number of hydrogen-bond donors (Lipinski definition) is 2. The standard InChI is InChI=1S/C34H45N5O4/c1-6-39(27-11-15-42-16-12-27)31-19-26(25-7-8-32(35-20-25)43-28-9-13-38(5)14-10-28)18-29(24(31)4)33(40)36-21-30-22(2)17-23(3)37-34(30)41/h7-8,17-20,27-28H,6,9-16,21H2,1-5H3,(H,36,40)(H,37,41). The molecule has 2 saturated heterocycles. The van der Waals surface area contributed by atoms with Crippen LogP contribution in [-0.2, 0) is 11.3 Å². The highest BCUT2D eigenvalue weighted by molar-refractivity contribution is 5.99. The second-order valence-electron chi connectivity index (χ2n) is 11.9. The van der Waals surface area contributed by atoms with Crippen LogP contribution >= 0.6 is 0 Å². The number of amides is 1. The van der Waals surface area contributed by atoms with Gasteiger partial charge in [0.2, 0.25) is 5.88 Å². The fourth-order valence-electron chi connectivity index (χ4n) is 6.28. The number of carbonyl (C=O) groups is 1. The Morgan fingerprint density at radius 1 is 1.09 bits per heavy atom. The highest BCUT2D eigenvalue weighted by Gasteiger charge is 2.25. The van der Waals surface area contributed by atoms with Crippen LogP contribution in [0.15, 0.2) is 41.3 Å². The highest BCUT2D eigenvalue weighted by Crippen LogP contribution is 2.34. The lowest BCUT2D eigenvalue weighted by Crippen LogP contribution is -2.40. The molecule has 2 aromatic heterocycles. The van der Waals surface area contributed by atoms with Gasteiger partial charge in [-0.05, 0) is 101 Å². The van der Waals surface area contributed by atoms with E-state index in [-0.39, 0.29) is 24.1 Å². The molecule has 2 aliphatic heterocycles. The first-order valence-electron chi connectivity index (χ1n) is 15.5. The van der Waals surface area contributed by atoms with E-state index in [1.54, 1.807) is 0 Å². The molecule has 0 radical (unpaired) electrons. The molecule has 4 heterocycles. The van der Waals surface area contributed by atoms with Crippen LogP contribution < -0.4 is 20.5 Å². The Labute approximate surface area is 254 Å². The van der Waals surface area contributed by atoms with Gasteiger partial charge in [0.15, 0.2) is 0 Å². The quantitative estimate of drug-likeness (QED) is 0.372. The minimum Gasteiger partial charge on any atom is -0.474 e. The number of anilines is 1. The van der Waals surface area contributed by atoms with E-state index >= 15 is 0 Å². The topological polar surface area (TPSA) is 99.8 Å². The molecule has 0 aliphatic carbocycles. The van der Waals surface area contributed by atoms with E-state index in [2.05, 4.69) is 45.1 Å². The zero-order valence-electron chi connectivity index (χ0n) is 26.2. The third kappa shape index (κ3) is 7.28. The first-order chi connectivity index (χ1) is 20.7. The van der Waals surface area contributed by atoms with Crippen LogP contribution in [0.1, 0.15) is 65.3 Å². The maximum atomic E-state index is 13.7. The van der Waals surface area contributed by atoms with E-state index in [4.69, 9.17) is 9.47 Å². The monoisotopic (exact) mass is 587 g/mol. The molecule has 0 unspecified atom stereocenters. The molecule has 9 heteroatoms. The number of aromatic nitrogens is 2. The second-order valence-corrected chi connectivity index (χ2v) is 11.9. The third-order valence-corrected chi connectivity index (χ3v) is 8.85. The van der Waals surface area contributed by atoms with Crippen molar-refractivity contribution in [1.29, 1.82) is 0 Å². The van der Waals surface area contributed by atoms with Crippen LogP contribution in [0.5, 0.6) is 5.88 Å². The van der Waals surface area contributed by atoms with Crippen LogP contribution in [0.4, 0.5) is 5.69 Å². The molecule has 230 valence electrons. The van der Waals surface area contributed by atoms with Crippen molar-refractivity contribution in [2.45, 2.75) is 72.1 Å². The van der Waals surface area contributed by atoms with Crippen molar-refractivity contribution in [2.24, 2.45) is 0 Å². The number of pyridine rings is 2. The average molecular weight is 588 g/mol. The molecule has 2 aliphatic rings. The number of carbonyl (C=O) groups excluding carboxylic acids is 1. The number of aryl methyl sites for hydroxylation is 2. The summed E-state index contributed by atoms with van der Waals surface area (Å²) in [6, 6.07) is 10.3. The number of likely N-dealkylation sites (tertiary alicyclic amines) is 1. The summed E-state index contributed by atoms with van der Waals surface area (Å²) in [7, 11) is 2.14. The maximum Gasteiger partial charge on any atom is 0.253 e. The van der Waals surface area contributed by atoms with Crippen molar-refractivity contribution in [3.63, 3.8) is 0 Å². The summed E-state index contributed by atoms with van der Waals surface area (Å²) in [4.78, 5) is 38.6. The molecule has 2 N–H and O–H groups in total. The minimum atomic E-state index is -0.210. The molecule has 2 fully saturated rings. The van der Waals surface area contributed by atoms with Crippen molar-refractivity contribution in [3.8, 4) is 17.0 Å². The number of nitrogens with one attached hydrogen (secondary N) is 2. The SMILES string of the molecule is CCN(c1cc(-c2ccc(OC3CCN(C)CC3)nc2)cc(C(=O)NCc2c(C)cc(C)[nH]c2=O)c1C)C1CCOCC1. The fourth-order valence-corrected chi connectivity index (χ4v) is 6.28. The molecule has 0 spiro atoms. The Kier molecular flexibility index (Phi) is 9.82. The van der Waals surface area contributed by atoms with Crippen molar-refractivity contribution in [2.75, 3.05) is 44.8 Å². The van der Waals surface area contributed by atoms with Crippen LogP contribution in [-0.4, -0.2) is 72.8 Å². The Balaban J connectivity index is 1.45. The van der Waals surface area contributed by atoms with Crippen molar-refractivity contribution >= 4 is 11.6 Å². The lowest BCUT2D eigenvalue weighted by molar-refractivity contribution is 0.0846. The van der Waals surface area contributed by atoms with E-state index < -0.39 is 0 Å². The van der Waals surface area contributed by atoms with Crippen molar-refractivity contribution < 1.29 is 14.3 Å². The van der Waals surface area contributed by atoms with Gasteiger partial charge in [0, 0.05) is 85.8 Å². The van der Waals surface area contributed by atoms with Crippen LogP contribution in [0.2, 0.25) is 0 Å². The van der Waals surface area contributed by atoms with Gasteiger partial charge in [-0.25, -0.2) is 4.98 Å². The molecule has 5 rings (SSSR count). The van der Waals surface area contributed by atoms with Gasteiger partial charge in [0.05, 0.1) is 0 Å². The molecule has 1 amide bonds. The molecule has 3 aromatic rings. The van der Waals surface area contributed by atoms with Gasteiger partial charge < -0.3 is 29.6 Å². The van der Waals surface area contributed by atoms with Gasteiger partial charge in [0.1, 0.15) is 6.10 Å². The number of benzene rings is 1. The molecule has 9 nitrogen and oxygen atoms in total. The van der Waals surface area contributed by atoms with E-state index in [9.17, 15) is 9.59 Å². The summed E-state index contributed by atoms with van der Waals surface area (Å²) in [5, 5.41) is 3.02. The normalized spacial score (nSPS) is 16.7. The number of aromatic amines is 1. The Morgan fingerprint density at radius 2 is 1.84 bits per heavy atom. The van der Waals surface area contributed by atoms with E-state index in [0.29, 0.717) is 23.0 Å². The summed E-state index contributed by atoms with van der Waals surface area (Å²) in [5.41, 5.74) is 6.43. The summed E-state index contributed by atoms with van der Waals surface area (Å²) >= 11 is 0. The molecule has 1 aromatic carbocycles. The highest BCUT2D eigenvalue weighted by atomic mass is 16.5. The van der Waals surface area contributed by atoms with Crippen LogP contribution in [0.3, 0.4) is 0 Å². The predicted octanol–water partition coefficient (Wildman–Crippen LogP) is 4.77. The predicted molar refractivity (Wildman–Crippen MR) is 170 cm³/mol. The minimum absolute atomic E-state index is 0.154. The van der Waals surface area contributed by atoms with Crippen molar-refractivity contribution in [3.05, 3.63) is 74.8 Å². The van der Waals surface area contributed by atoms with E-state index in [1.165, 1.54) is 0 Å². The van der Waals surface area contributed by atoms with Crippen LogP contribution in [0.25, 0.3) is 11.1 Å². The average Bonchev–Trinajstić information content (AvgIpc) is 3.00. The van der Waals surface area contributed by atoms with Gasteiger partial charge in [-0.1, -0.05) is 0 Å². The van der Waals surface area contributed by atoms with Crippen LogP contribution in [0, 0.1) is 20.8 Å². The summed E-state index contributed by atoms with van der Waals surface area (Å²) in [5.74, 6) is 0.415. The number of rotatable bonds is 9. The number of H-pyrrole nitrogens is 1. The zero-order chi connectivity index (χ0) is 30.5. The van der Waals surface area contributed by atoms with Gasteiger partial charge in [-0.3, -0.25) is 9.59 Å². The maximum absolute atomic E-state index is 13.7. The van der Waals surface area contributed by atoms with Gasteiger partial charge >= 0.3 is 0 Å². The Hall–Kier alpha value is -3.69. The fraction of sp³-hybridized carbons (Fsp3) is 0.500. The Bertz CT molecular complexity index is 1470. The number of nitrogens with zero attached hydrogens (tertiary/aromatic N) is 3. The van der Waals surface area contributed by atoms with Crippen molar-refractivity contribution in [1.82, 2.24) is 20.2 Å². The lowest BCUT2D eigenvalue weighted by atomic mass is 9.95. The van der Waals surface area contributed by atoms with Gasteiger partial charge in [0.25, 0.3) is 11.5 Å². The summed E-state index contributed by atoms with van der Waals surface area (Å²) in [6.07, 6.45) is 5.88. The van der Waals surface area contributed by atoms with E-state index in [1.807, 2.05) is 51.2 Å². The third-order valence-electron chi connectivity index (χ3n) is 8.85. The number of ether oxygens (including phenoxy) is 2. The molecule has 43 heavy (non-hydrogen) atoms. The summed E-state index contributed by atoms with van der Waals surface area (Å²) in [6.45, 7) is 12.4. The number of hydrogen-bond acceptors (Lipinski definition) is 7. The van der Waals surface area contributed by atoms with Gasteiger partial charge in [-0.15, -0.1) is 0 Å². The lowest BCUT2D eigenvalue weighted by Gasteiger charge is -2.37. The Morgan fingerprint density at radius 3 is 2.49 bits per heavy atom. The second kappa shape index (κ2) is 13.7. The smallest absolute Gasteiger partial charge is 0.253 e. The summed E-state index contributed by atoms with van der Waals surface area (Å²) < 4.78 is 11.8. The largest absolute Gasteiger partial charge is 0.474 e. The van der Waals surface area contributed by atoms with Gasteiger partial charge in [-0.2, -0.15) is 0 Å². The molecule has 0 saturated carbocycles. The molecule has 0 bridgehead atoms. The van der Waals surface area contributed by atoms with E-state index in [0.717, 1.165) is 92.2 Å². The zero-order valence-corrected chi connectivity index (χ0v) is 26.2. The first-order valence-corrected chi connectivity index (χ1v) is 15.5. The molecule has 0 atom stereocenters. The first kappa shape index (κ1) is 30.8.